The van der Waals surface area contributed by atoms with Crippen LogP contribution >= 0.6 is 0 Å². The second-order valence-electron chi connectivity index (χ2n) is 18.0. The summed E-state index contributed by atoms with van der Waals surface area (Å²) in [5.74, 6) is -0.312. The summed E-state index contributed by atoms with van der Waals surface area (Å²) < 4.78 is 22.9. The molecule has 0 radical (unpaired) electrons. The van der Waals surface area contributed by atoms with Gasteiger partial charge in [-0.3, -0.25) is 4.79 Å². The van der Waals surface area contributed by atoms with Crippen molar-refractivity contribution in [3.63, 3.8) is 0 Å². The van der Waals surface area contributed by atoms with E-state index in [-0.39, 0.29) is 19.2 Å². The van der Waals surface area contributed by atoms with E-state index in [9.17, 15) is 25.2 Å². The maximum absolute atomic E-state index is 12.8. The fourth-order valence-corrected chi connectivity index (χ4v) is 8.14. The van der Waals surface area contributed by atoms with Gasteiger partial charge in [0, 0.05) is 13.0 Å². The number of esters is 1. The first kappa shape index (κ1) is 56.9. The average molecular weight is 855 g/mol. The molecule has 6 atom stereocenters. The number of unbranched alkanes of at least 4 members (excludes halogenated alkanes) is 32. The van der Waals surface area contributed by atoms with Gasteiger partial charge in [-0.1, -0.05) is 212 Å². The Morgan fingerprint density at radius 2 is 0.917 bits per heavy atom. The van der Waals surface area contributed by atoms with E-state index in [0.29, 0.717) is 13.0 Å². The van der Waals surface area contributed by atoms with Crippen LogP contribution in [0.2, 0.25) is 0 Å². The molecule has 6 unspecified atom stereocenters. The van der Waals surface area contributed by atoms with Gasteiger partial charge in [-0.05, 0) is 38.5 Å². The fourth-order valence-electron chi connectivity index (χ4n) is 8.14. The highest BCUT2D eigenvalue weighted by molar-refractivity contribution is 5.69. The molecule has 9 nitrogen and oxygen atoms in total. The van der Waals surface area contributed by atoms with Crippen molar-refractivity contribution in [2.24, 2.45) is 0 Å². The molecule has 0 aromatic carbocycles. The first-order valence-corrected chi connectivity index (χ1v) is 25.8. The zero-order valence-electron chi connectivity index (χ0n) is 39.2. The van der Waals surface area contributed by atoms with Crippen molar-refractivity contribution in [1.82, 2.24) is 0 Å². The maximum Gasteiger partial charge on any atom is 0.306 e. The molecule has 0 aromatic heterocycles. The lowest BCUT2D eigenvalue weighted by molar-refractivity contribution is -0.305. The molecule has 9 heteroatoms. The zero-order valence-corrected chi connectivity index (χ0v) is 39.2. The molecule has 0 aliphatic carbocycles. The van der Waals surface area contributed by atoms with E-state index in [2.05, 4.69) is 26.0 Å². The predicted molar refractivity (Wildman–Crippen MR) is 247 cm³/mol. The van der Waals surface area contributed by atoms with Gasteiger partial charge in [-0.2, -0.15) is 0 Å². The highest BCUT2D eigenvalue weighted by atomic mass is 16.7. The molecule has 1 saturated heterocycles. The van der Waals surface area contributed by atoms with E-state index in [1.54, 1.807) is 0 Å². The molecule has 0 spiro atoms. The largest absolute Gasteiger partial charge is 0.457 e. The van der Waals surface area contributed by atoms with Crippen LogP contribution < -0.4 is 0 Å². The van der Waals surface area contributed by atoms with Gasteiger partial charge in [0.2, 0.25) is 0 Å². The third-order valence-electron chi connectivity index (χ3n) is 12.2. The van der Waals surface area contributed by atoms with Gasteiger partial charge in [0.1, 0.15) is 30.5 Å². The van der Waals surface area contributed by atoms with Gasteiger partial charge in [-0.25, -0.2) is 0 Å². The Morgan fingerprint density at radius 1 is 0.517 bits per heavy atom. The summed E-state index contributed by atoms with van der Waals surface area (Å²) in [5.41, 5.74) is 0. The van der Waals surface area contributed by atoms with Crippen molar-refractivity contribution in [3.8, 4) is 0 Å². The molecular formula is C51H98O9. The highest BCUT2D eigenvalue weighted by Gasteiger charge is 2.44. The molecule has 0 amide bonds. The van der Waals surface area contributed by atoms with E-state index < -0.39 is 43.4 Å². The van der Waals surface area contributed by atoms with Gasteiger partial charge < -0.3 is 39.4 Å². The molecule has 1 aliphatic rings. The first-order chi connectivity index (χ1) is 29.4. The molecular weight excluding hydrogens is 757 g/mol. The fraction of sp³-hybridized carbons (Fsp3) is 0.941. The minimum Gasteiger partial charge on any atom is -0.457 e. The lowest BCUT2D eigenvalue weighted by atomic mass is 9.99. The number of carbonyl (C=O) groups is 1. The van der Waals surface area contributed by atoms with Crippen LogP contribution in [0.3, 0.4) is 0 Å². The predicted octanol–water partition coefficient (Wildman–Crippen LogP) is 12.4. The summed E-state index contributed by atoms with van der Waals surface area (Å²) in [6, 6.07) is 0. The van der Waals surface area contributed by atoms with Crippen LogP contribution in [-0.4, -0.2) is 89.6 Å². The van der Waals surface area contributed by atoms with Crippen molar-refractivity contribution in [2.75, 3.05) is 26.4 Å². The number of aliphatic hydroxyl groups is 4. The summed E-state index contributed by atoms with van der Waals surface area (Å²) in [6.07, 6.45) is 42.4. The Morgan fingerprint density at radius 3 is 1.35 bits per heavy atom. The van der Waals surface area contributed by atoms with Gasteiger partial charge >= 0.3 is 5.97 Å². The molecule has 0 saturated carbocycles. The Labute approximate surface area is 369 Å². The highest BCUT2D eigenvalue weighted by Crippen LogP contribution is 2.23. The lowest BCUT2D eigenvalue weighted by Crippen LogP contribution is -2.59. The summed E-state index contributed by atoms with van der Waals surface area (Å²) in [5, 5.41) is 40.2. The molecule has 60 heavy (non-hydrogen) atoms. The Balaban J connectivity index is 2.19. The molecule has 1 heterocycles. The van der Waals surface area contributed by atoms with Crippen LogP contribution in [-0.2, 0) is 23.7 Å². The number of ether oxygens (including phenoxy) is 4. The lowest BCUT2D eigenvalue weighted by Gasteiger charge is -2.39. The van der Waals surface area contributed by atoms with Gasteiger partial charge in [0.15, 0.2) is 6.29 Å². The standard InChI is InChI=1S/C51H98O9/c1-3-5-7-9-11-13-15-17-19-21-22-23-25-27-29-31-33-35-37-39-41-57-43-45(44-58-51-50(56)49(55)48(54)46(42-52)60-51)59-47(53)40-38-36-34-32-30-28-26-24-20-18-16-14-12-10-8-6-4-2/h18,20,45-46,48-52,54-56H,3-17,19,21-44H2,1-2H3/b20-18-. The van der Waals surface area contributed by atoms with E-state index in [1.165, 1.54) is 193 Å². The second kappa shape index (κ2) is 43.2. The molecule has 0 bridgehead atoms. The van der Waals surface area contributed by atoms with Crippen molar-refractivity contribution >= 4 is 5.97 Å². The summed E-state index contributed by atoms with van der Waals surface area (Å²) in [7, 11) is 0. The zero-order chi connectivity index (χ0) is 43.6. The Hall–Kier alpha value is -1.07. The van der Waals surface area contributed by atoms with Crippen molar-refractivity contribution in [2.45, 2.75) is 282 Å². The van der Waals surface area contributed by atoms with Crippen LogP contribution in [0.15, 0.2) is 12.2 Å². The Kier molecular flexibility index (Phi) is 41.0. The normalized spacial score (nSPS) is 20.0. The van der Waals surface area contributed by atoms with Gasteiger partial charge in [-0.15, -0.1) is 0 Å². The van der Waals surface area contributed by atoms with Crippen molar-refractivity contribution in [1.29, 1.82) is 0 Å². The number of carbonyl (C=O) groups excluding carboxylic acids is 1. The van der Waals surface area contributed by atoms with Crippen LogP contribution in [0, 0.1) is 0 Å². The number of allylic oxidation sites excluding steroid dienone is 2. The molecule has 0 aromatic rings. The number of rotatable bonds is 45. The van der Waals surface area contributed by atoms with Crippen LogP contribution in [0.1, 0.15) is 245 Å². The topological polar surface area (TPSA) is 135 Å². The molecule has 1 fully saturated rings. The second-order valence-corrected chi connectivity index (χ2v) is 18.0. The van der Waals surface area contributed by atoms with E-state index in [4.69, 9.17) is 18.9 Å². The van der Waals surface area contributed by atoms with Crippen molar-refractivity contribution < 1.29 is 44.2 Å². The van der Waals surface area contributed by atoms with Crippen molar-refractivity contribution in [3.05, 3.63) is 12.2 Å². The minimum atomic E-state index is -1.53. The summed E-state index contributed by atoms with van der Waals surface area (Å²) >= 11 is 0. The van der Waals surface area contributed by atoms with Gasteiger partial charge in [0.25, 0.3) is 0 Å². The molecule has 1 aliphatic heterocycles. The van der Waals surface area contributed by atoms with Crippen LogP contribution in [0.25, 0.3) is 0 Å². The summed E-state index contributed by atoms with van der Waals surface area (Å²) in [4.78, 5) is 12.8. The third-order valence-corrected chi connectivity index (χ3v) is 12.2. The monoisotopic (exact) mass is 855 g/mol. The number of hydrogen-bond donors (Lipinski definition) is 4. The average Bonchev–Trinajstić information content (AvgIpc) is 3.25. The van der Waals surface area contributed by atoms with E-state index in [0.717, 1.165) is 32.1 Å². The smallest absolute Gasteiger partial charge is 0.306 e. The van der Waals surface area contributed by atoms with Gasteiger partial charge in [0.05, 0.1) is 19.8 Å². The number of aliphatic hydroxyl groups excluding tert-OH is 4. The number of hydrogen-bond acceptors (Lipinski definition) is 9. The summed E-state index contributed by atoms with van der Waals surface area (Å²) in [6.45, 7) is 4.60. The van der Waals surface area contributed by atoms with Crippen LogP contribution in [0.5, 0.6) is 0 Å². The molecule has 1 rings (SSSR count). The molecule has 4 N–H and O–H groups in total. The minimum absolute atomic E-state index is 0.109. The van der Waals surface area contributed by atoms with E-state index in [1.807, 2.05) is 0 Å². The van der Waals surface area contributed by atoms with E-state index >= 15 is 0 Å². The maximum atomic E-state index is 12.8. The third kappa shape index (κ3) is 33.5. The first-order valence-electron chi connectivity index (χ1n) is 25.8. The molecule has 356 valence electrons. The SMILES string of the molecule is CCCCCCCC/C=C\CCCCCCCCCC(=O)OC(COCCCCCCCCCCCCCCCCCCCCCC)COC1OC(CO)C(O)C(O)C1O. The Bertz CT molecular complexity index is 930. The quantitative estimate of drug-likeness (QED) is 0.0268. The van der Waals surface area contributed by atoms with Crippen LogP contribution in [0.4, 0.5) is 0 Å².